The van der Waals surface area contributed by atoms with E-state index in [1.54, 1.807) is 6.20 Å². The van der Waals surface area contributed by atoms with Gasteiger partial charge in [0, 0.05) is 34.0 Å². The Morgan fingerprint density at radius 1 is 0.217 bits per heavy atom. The van der Waals surface area contributed by atoms with Crippen molar-refractivity contribution in [3.8, 4) is 102 Å². The Bertz CT molecular complexity index is 2960. The molecule has 0 N–H and O–H groups in total. The Morgan fingerprint density at radius 2 is 0.600 bits per heavy atom. The molecule has 10 aromatic rings. The molecule has 0 saturated carbocycles. The number of hydrogen-bond acceptors (Lipinski definition) is 9. The van der Waals surface area contributed by atoms with Gasteiger partial charge in [-0.15, -0.1) is 0 Å². The number of hydrogen-bond donors (Lipinski definition) is 0. The van der Waals surface area contributed by atoms with Gasteiger partial charge in [0.15, 0.2) is 34.9 Å². The van der Waals surface area contributed by atoms with Crippen LogP contribution in [-0.2, 0) is 0 Å². The zero-order chi connectivity index (χ0) is 40.1. The van der Waals surface area contributed by atoms with Crippen LogP contribution in [0.15, 0.2) is 200 Å². The van der Waals surface area contributed by atoms with E-state index in [9.17, 15) is 0 Å². The Balaban J connectivity index is 1.13. The minimum Gasteiger partial charge on any atom is -0.255 e. The van der Waals surface area contributed by atoms with Gasteiger partial charge in [-0.25, -0.2) is 39.9 Å². The molecule has 0 aliphatic rings. The smallest absolute Gasteiger partial charge is 0.182 e. The van der Waals surface area contributed by atoms with Gasteiger partial charge in [-0.3, -0.25) is 4.98 Å². The monoisotopic (exact) mass is 771 g/mol. The van der Waals surface area contributed by atoms with Crippen molar-refractivity contribution in [1.82, 2.24) is 44.9 Å². The molecule has 10 rings (SSSR count). The van der Waals surface area contributed by atoms with E-state index in [0.717, 1.165) is 44.6 Å². The summed E-state index contributed by atoms with van der Waals surface area (Å²) in [5, 5.41) is 0. The van der Waals surface area contributed by atoms with Crippen molar-refractivity contribution in [3.05, 3.63) is 200 Å². The minimum atomic E-state index is 0.453. The second-order valence-corrected chi connectivity index (χ2v) is 13.9. The number of nitrogens with zero attached hydrogens (tertiary/aromatic N) is 9. The fourth-order valence-electron chi connectivity index (χ4n) is 6.95. The molecule has 5 aromatic carbocycles. The maximum absolute atomic E-state index is 5.16. The summed E-state index contributed by atoms with van der Waals surface area (Å²) in [4.78, 5) is 44.8. The number of rotatable bonds is 9. The van der Waals surface area contributed by atoms with E-state index in [4.69, 9.17) is 39.9 Å². The van der Waals surface area contributed by atoms with E-state index < -0.39 is 0 Å². The van der Waals surface area contributed by atoms with Gasteiger partial charge in [0.25, 0.3) is 0 Å². The molecule has 0 radical (unpaired) electrons. The standard InChI is InChI=1S/C51H33N9/c1-5-18-34(19-6-1)46-55-47(35-20-7-2-8-21-35)58-50(57-46)40-27-14-13-26-39(40)38-32-44(41-28-15-16-31-52-41)54-45(33-38)42-29-17-30-43(53-42)51-59-48(36-22-9-3-10-23-36)56-49(60-51)37-24-11-4-12-25-37/h1-33H. The molecule has 5 heterocycles. The molecular weight excluding hydrogens is 739 g/mol. The highest BCUT2D eigenvalue weighted by Gasteiger charge is 2.19. The Morgan fingerprint density at radius 3 is 1.10 bits per heavy atom. The Labute approximate surface area is 346 Å². The van der Waals surface area contributed by atoms with Crippen molar-refractivity contribution < 1.29 is 0 Å². The lowest BCUT2D eigenvalue weighted by atomic mass is 9.97. The molecule has 0 fully saturated rings. The van der Waals surface area contributed by atoms with Crippen molar-refractivity contribution in [2.45, 2.75) is 0 Å². The maximum atomic E-state index is 5.16. The van der Waals surface area contributed by atoms with E-state index in [0.29, 0.717) is 57.7 Å². The first kappa shape index (κ1) is 35.9. The number of aromatic nitrogens is 9. The fourth-order valence-corrected chi connectivity index (χ4v) is 6.95. The van der Waals surface area contributed by atoms with Crippen LogP contribution in [-0.4, -0.2) is 44.9 Å². The summed E-state index contributed by atoms with van der Waals surface area (Å²) in [6, 6.07) is 63.6. The average Bonchev–Trinajstić information content (AvgIpc) is 3.35. The third-order valence-electron chi connectivity index (χ3n) is 9.87. The summed E-state index contributed by atoms with van der Waals surface area (Å²) in [5.74, 6) is 3.30. The highest BCUT2D eigenvalue weighted by molar-refractivity contribution is 5.85. The van der Waals surface area contributed by atoms with Gasteiger partial charge in [0.2, 0.25) is 0 Å². The van der Waals surface area contributed by atoms with E-state index in [2.05, 4.69) is 17.1 Å². The van der Waals surface area contributed by atoms with Crippen molar-refractivity contribution in [3.63, 3.8) is 0 Å². The quantitative estimate of drug-likeness (QED) is 0.141. The summed E-state index contributed by atoms with van der Waals surface area (Å²) >= 11 is 0. The SMILES string of the molecule is c1ccc(-c2nc(-c3ccccc3)nc(-c3cccc(-c4cc(-c5ccccc5-c5nc(-c6ccccc6)nc(-c6ccccc6)n5)cc(-c5ccccn5)n4)n3)n2)cc1. The molecular formula is C51H33N9. The largest absolute Gasteiger partial charge is 0.255 e. The molecule has 0 unspecified atom stereocenters. The van der Waals surface area contributed by atoms with Crippen LogP contribution in [0.4, 0.5) is 0 Å². The van der Waals surface area contributed by atoms with Crippen LogP contribution in [0.25, 0.3) is 102 Å². The lowest BCUT2D eigenvalue weighted by molar-refractivity contribution is 1.06. The molecule has 9 heteroatoms. The van der Waals surface area contributed by atoms with Crippen LogP contribution in [0, 0.1) is 0 Å². The highest BCUT2D eigenvalue weighted by Crippen LogP contribution is 2.36. The molecule has 60 heavy (non-hydrogen) atoms. The number of benzene rings is 5. The lowest BCUT2D eigenvalue weighted by Crippen LogP contribution is -2.02. The number of pyridine rings is 3. The normalized spacial score (nSPS) is 11.0. The zero-order valence-corrected chi connectivity index (χ0v) is 32.1. The van der Waals surface area contributed by atoms with Gasteiger partial charge in [0.05, 0.1) is 22.8 Å². The third kappa shape index (κ3) is 7.54. The topological polar surface area (TPSA) is 116 Å². The summed E-state index contributed by atoms with van der Waals surface area (Å²) in [5.41, 5.74) is 9.50. The predicted octanol–water partition coefficient (Wildman–Crippen LogP) is 11.2. The van der Waals surface area contributed by atoms with Gasteiger partial charge in [-0.05, 0) is 47.5 Å². The van der Waals surface area contributed by atoms with Gasteiger partial charge in [0.1, 0.15) is 5.69 Å². The van der Waals surface area contributed by atoms with Crippen molar-refractivity contribution in [1.29, 1.82) is 0 Å². The molecule has 0 aliphatic heterocycles. The molecule has 9 nitrogen and oxygen atoms in total. The van der Waals surface area contributed by atoms with E-state index >= 15 is 0 Å². The van der Waals surface area contributed by atoms with Crippen LogP contribution in [0.2, 0.25) is 0 Å². The van der Waals surface area contributed by atoms with Gasteiger partial charge >= 0.3 is 0 Å². The molecule has 282 valence electrons. The Kier molecular flexibility index (Phi) is 9.71. The summed E-state index contributed by atoms with van der Waals surface area (Å²) in [6.45, 7) is 0. The van der Waals surface area contributed by atoms with E-state index in [-0.39, 0.29) is 0 Å². The molecule has 0 atom stereocenters. The third-order valence-corrected chi connectivity index (χ3v) is 9.87. The second kappa shape index (κ2) is 16.2. The Hall–Kier alpha value is -8.43. The molecule has 0 bridgehead atoms. The minimum absolute atomic E-state index is 0.453. The van der Waals surface area contributed by atoms with Gasteiger partial charge in [-0.2, -0.15) is 0 Å². The summed E-state index contributed by atoms with van der Waals surface area (Å²) < 4.78 is 0. The molecule has 0 aliphatic carbocycles. The fraction of sp³-hybridized carbons (Fsp3) is 0. The average molecular weight is 772 g/mol. The summed E-state index contributed by atoms with van der Waals surface area (Å²) in [7, 11) is 0. The van der Waals surface area contributed by atoms with Gasteiger partial charge < -0.3 is 0 Å². The van der Waals surface area contributed by atoms with Gasteiger partial charge in [-0.1, -0.05) is 158 Å². The molecule has 0 amide bonds. The van der Waals surface area contributed by atoms with Crippen LogP contribution >= 0.6 is 0 Å². The van der Waals surface area contributed by atoms with Crippen LogP contribution < -0.4 is 0 Å². The highest BCUT2D eigenvalue weighted by atomic mass is 15.1. The van der Waals surface area contributed by atoms with Crippen molar-refractivity contribution in [2.24, 2.45) is 0 Å². The van der Waals surface area contributed by atoms with Crippen LogP contribution in [0.3, 0.4) is 0 Å². The lowest BCUT2D eigenvalue weighted by Gasteiger charge is -2.14. The van der Waals surface area contributed by atoms with E-state index in [1.165, 1.54) is 0 Å². The van der Waals surface area contributed by atoms with Crippen LogP contribution in [0.1, 0.15) is 0 Å². The zero-order valence-electron chi connectivity index (χ0n) is 32.1. The summed E-state index contributed by atoms with van der Waals surface area (Å²) in [6.07, 6.45) is 1.77. The molecule has 0 spiro atoms. The first-order valence-electron chi connectivity index (χ1n) is 19.5. The second-order valence-electron chi connectivity index (χ2n) is 13.9. The van der Waals surface area contributed by atoms with E-state index in [1.807, 2.05) is 182 Å². The van der Waals surface area contributed by atoms with Crippen molar-refractivity contribution in [2.75, 3.05) is 0 Å². The first-order valence-corrected chi connectivity index (χ1v) is 19.5. The molecule has 5 aromatic heterocycles. The maximum Gasteiger partial charge on any atom is 0.182 e. The van der Waals surface area contributed by atoms with Crippen LogP contribution in [0.5, 0.6) is 0 Å². The first-order chi connectivity index (χ1) is 29.7. The molecule has 0 saturated heterocycles. The van der Waals surface area contributed by atoms with Crippen molar-refractivity contribution >= 4 is 0 Å². The predicted molar refractivity (Wildman–Crippen MR) is 236 cm³/mol.